The van der Waals surface area contributed by atoms with Gasteiger partial charge in [-0.1, -0.05) is 6.07 Å². The molecule has 2 heterocycles. The number of likely N-dealkylation sites (tertiary alicyclic amines) is 1. The number of carbonyl (C=O) groups is 1. The van der Waals surface area contributed by atoms with Gasteiger partial charge in [-0.15, -0.1) is 0 Å². The van der Waals surface area contributed by atoms with E-state index >= 15 is 0 Å². The molecule has 0 spiro atoms. The number of fused-ring (bicyclic) bond motifs is 4. The third kappa shape index (κ3) is 4.48. The van der Waals surface area contributed by atoms with Crippen molar-refractivity contribution in [2.75, 3.05) is 6.54 Å². The van der Waals surface area contributed by atoms with Crippen molar-refractivity contribution in [1.29, 1.82) is 0 Å². The van der Waals surface area contributed by atoms with E-state index in [1.165, 1.54) is 31.2 Å². The molecule has 2 aromatic carbocycles. The fraction of sp³-hybridized carbons (Fsp3) is 0.391. The number of hydrogen-bond donors (Lipinski definition) is 0. The van der Waals surface area contributed by atoms with E-state index in [-0.39, 0.29) is 32.1 Å². The summed E-state index contributed by atoms with van der Waals surface area (Å²) in [5, 5.41) is 0. The predicted molar refractivity (Wildman–Crippen MR) is 127 cm³/mol. The lowest BCUT2D eigenvalue weighted by molar-refractivity contribution is -0.0500. The zero-order chi connectivity index (χ0) is 29.4. The highest BCUT2D eigenvalue weighted by Crippen LogP contribution is 2.45. The molecule has 1 aliphatic carbocycles. The number of piperidine rings is 1. The van der Waals surface area contributed by atoms with Gasteiger partial charge in [0.25, 0.3) is 5.91 Å². The number of amides is 1. The van der Waals surface area contributed by atoms with Crippen molar-refractivity contribution < 1.29 is 52.2 Å². The van der Waals surface area contributed by atoms with Crippen molar-refractivity contribution in [3.05, 3.63) is 58.9 Å². The minimum absolute atomic E-state index is 0.0118. The van der Waals surface area contributed by atoms with E-state index in [1.54, 1.807) is 4.90 Å². The molecule has 1 aromatic heterocycles. The van der Waals surface area contributed by atoms with Crippen LogP contribution in [0, 0.1) is 6.92 Å². The third-order valence-corrected chi connectivity index (χ3v) is 9.46. The highest BCUT2D eigenvalue weighted by Gasteiger charge is 2.50. The fourth-order valence-electron chi connectivity index (χ4n) is 5.28. The first kappa shape index (κ1) is 28.2. The van der Waals surface area contributed by atoms with E-state index in [0.717, 1.165) is 11.6 Å². The Kier molecular flexibility index (Phi) is 6.41. The summed E-state index contributed by atoms with van der Waals surface area (Å²) in [5.74, 6) is -1.29. The molecule has 0 radical (unpaired) electrons. The fourth-order valence-corrected chi connectivity index (χ4v) is 6.60. The minimum atomic E-state index is -5.89. The van der Waals surface area contributed by atoms with Gasteiger partial charge in [0.1, 0.15) is 12.1 Å². The molecule has 3 aromatic rings. The van der Waals surface area contributed by atoms with Crippen LogP contribution in [0.1, 0.15) is 45.8 Å². The van der Waals surface area contributed by atoms with Gasteiger partial charge < -0.3 is 9.08 Å². The maximum absolute atomic E-state index is 13.5. The Hall–Kier alpha value is -3.34. The van der Waals surface area contributed by atoms with Gasteiger partial charge in [0.15, 0.2) is 0 Å². The highest BCUT2D eigenvalue weighted by molar-refractivity contribution is 7.91. The van der Waals surface area contributed by atoms with Crippen LogP contribution < -0.4 is 4.18 Å². The average molecular weight is 612 g/mol. The molecule has 1 aliphatic heterocycles. The summed E-state index contributed by atoms with van der Waals surface area (Å²) in [6.45, 7) is 1.72. The number of benzene rings is 2. The van der Waals surface area contributed by atoms with Crippen molar-refractivity contribution in [2.45, 2.75) is 49.2 Å². The smallest absolute Gasteiger partial charge is 0.376 e. The van der Waals surface area contributed by atoms with Crippen LogP contribution in [0.2, 0.25) is 0 Å². The lowest BCUT2D eigenvalue weighted by Crippen LogP contribution is -2.46. The number of aromatic nitrogens is 2. The van der Waals surface area contributed by atoms with Crippen molar-refractivity contribution in [3.8, 4) is 5.75 Å². The molecule has 17 heteroatoms. The van der Waals surface area contributed by atoms with Crippen molar-refractivity contribution in [2.24, 2.45) is 0 Å². The topological polar surface area (TPSA) is 116 Å². The maximum atomic E-state index is 13.5. The van der Waals surface area contributed by atoms with Crippen LogP contribution in [0.3, 0.4) is 0 Å². The summed E-state index contributed by atoms with van der Waals surface area (Å²) in [5.41, 5.74) is -10.2. The zero-order valence-corrected chi connectivity index (χ0v) is 22.0. The first-order valence-electron chi connectivity index (χ1n) is 11.7. The number of carbonyl (C=O) groups excluding carboxylic acids is 1. The van der Waals surface area contributed by atoms with Gasteiger partial charge in [0.05, 0.1) is 11.0 Å². The second-order valence-corrected chi connectivity index (χ2v) is 12.9. The SMILES string of the molecule is Cc1cc2c(cc1OS(=O)(=O)C(F)(F)F)C1CCCN(C(=O)c3ccc4c(c3)ncn4S(=O)(=O)C(F)(F)F)C1C2. The number of nitrogens with zero attached hydrogens (tertiary/aromatic N) is 3. The Morgan fingerprint density at radius 2 is 1.73 bits per heavy atom. The van der Waals surface area contributed by atoms with E-state index in [9.17, 15) is 48.0 Å². The summed E-state index contributed by atoms with van der Waals surface area (Å²) in [7, 11) is -11.6. The molecule has 9 nitrogen and oxygen atoms in total. The molecule has 0 bridgehead atoms. The number of aryl methyl sites for hydroxylation is 1. The van der Waals surface area contributed by atoms with Crippen LogP contribution in [-0.4, -0.2) is 60.2 Å². The van der Waals surface area contributed by atoms with E-state index in [4.69, 9.17) is 0 Å². The summed E-state index contributed by atoms with van der Waals surface area (Å²) < 4.78 is 129. The summed E-state index contributed by atoms with van der Waals surface area (Å²) >= 11 is 0. The van der Waals surface area contributed by atoms with Crippen LogP contribution in [0.15, 0.2) is 36.7 Å². The first-order valence-corrected chi connectivity index (χ1v) is 14.5. The molecule has 40 heavy (non-hydrogen) atoms. The molecule has 2 unspecified atom stereocenters. The lowest BCUT2D eigenvalue weighted by atomic mass is 9.88. The highest BCUT2D eigenvalue weighted by atomic mass is 32.2. The maximum Gasteiger partial charge on any atom is 0.534 e. The molecular weight excluding hydrogens is 592 g/mol. The van der Waals surface area contributed by atoms with Crippen LogP contribution >= 0.6 is 0 Å². The normalized spacial score (nSPS) is 19.9. The minimum Gasteiger partial charge on any atom is -0.376 e. The molecule has 0 N–H and O–H groups in total. The number of halogens is 6. The second-order valence-electron chi connectivity index (χ2n) is 9.51. The van der Waals surface area contributed by atoms with E-state index < -0.39 is 48.9 Å². The second kappa shape index (κ2) is 9.09. The van der Waals surface area contributed by atoms with Gasteiger partial charge in [-0.05, 0) is 67.1 Å². The van der Waals surface area contributed by atoms with Gasteiger partial charge in [-0.25, -0.2) is 8.96 Å². The molecule has 1 saturated heterocycles. The van der Waals surface area contributed by atoms with E-state index in [0.29, 0.717) is 37.7 Å². The molecule has 0 saturated carbocycles. The molecular formula is C23H19F6N3O6S2. The number of rotatable bonds is 4. The van der Waals surface area contributed by atoms with Gasteiger partial charge >= 0.3 is 31.2 Å². The Balaban J connectivity index is 1.43. The molecule has 1 amide bonds. The van der Waals surface area contributed by atoms with Crippen LogP contribution in [0.25, 0.3) is 11.0 Å². The van der Waals surface area contributed by atoms with E-state index in [2.05, 4.69) is 9.17 Å². The monoisotopic (exact) mass is 611 g/mol. The first-order chi connectivity index (χ1) is 18.4. The Morgan fingerprint density at radius 1 is 1.02 bits per heavy atom. The van der Waals surface area contributed by atoms with Crippen LogP contribution in [-0.2, 0) is 26.6 Å². The Labute approximate surface area is 223 Å². The summed E-state index contributed by atoms with van der Waals surface area (Å²) in [6.07, 6.45) is 1.92. The average Bonchev–Trinajstić information content (AvgIpc) is 3.43. The van der Waals surface area contributed by atoms with Crippen LogP contribution in [0.4, 0.5) is 26.3 Å². The quantitative estimate of drug-likeness (QED) is 0.247. The van der Waals surface area contributed by atoms with Gasteiger partial charge in [-0.2, -0.15) is 43.2 Å². The van der Waals surface area contributed by atoms with Crippen molar-refractivity contribution in [3.63, 3.8) is 0 Å². The zero-order valence-electron chi connectivity index (χ0n) is 20.3. The molecule has 5 rings (SSSR count). The summed E-state index contributed by atoms with van der Waals surface area (Å²) in [6, 6.07) is 5.79. The number of hydrogen-bond acceptors (Lipinski definition) is 7. The predicted octanol–water partition coefficient (Wildman–Crippen LogP) is 4.22. The Morgan fingerprint density at radius 3 is 2.38 bits per heavy atom. The van der Waals surface area contributed by atoms with Crippen molar-refractivity contribution >= 4 is 37.1 Å². The van der Waals surface area contributed by atoms with Gasteiger partial charge in [0.2, 0.25) is 0 Å². The standard InChI is InChI=1S/C23H19F6N3O6S2/c1-12-7-14-9-19-15(16(14)10-20(12)38-40(36,37)23(27,28)29)3-2-6-31(19)21(33)13-4-5-18-17(8-13)30-11-32(18)39(34,35)22(24,25)26/h4-5,7-8,10-11,15,19H,2-3,6,9H2,1H3. The molecule has 216 valence electrons. The van der Waals surface area contributed by atoms with E-state index in [1.807, 2.05) is 0 Å². The Bertz CT molecular complexity index is 1750. The summed E-state index contributed by atoms with van der Waals surface area (Å²) in [4.78, 5) is 18.8. The molecule has 2 aliphatic rings. The number of imidazole rings is 1. The molecule has 2 atom stereocenters. The lowest BCUT2D eigenvalue weighted by Gasteiger charge is -2.38. The third-order valence-electron chi connectivity index (χ3n) is 7.10. The van der Waals surface area contributed by atoms with Crippen molar-refractivity contribution in [1.82, 2.24) is 13.9 Å². The van der Waals surface area contributed by atoms with Gasteiger partial charge in [0, 0.05) is 24.1 Å². The number of alkyl halides is 6. The van der Waals surface area contributed by atoms with Gasteiger partial charge in [-0.3, -0.25) is 4.79 Å². The van der Waals surface area contributed by atoms with Crippen LogP contribution in [0.5, 0.6) is 5.75 Å². The largest absolute Gasteiger partial charge is 0.534 e. The molecule has 1 fully saturated rings.